The van der Waals surface area contributed by atoms with Gasteiger partial charge in [0.1, 0.15) is 0 Å². The zero-order chi connectivity index (χ0) is 14.2. The van der Waals surface area contributed by atoms with Crippen molar-refractivity contribution in [1.82, 2.24) is 4.31 Å². The minimum Gasteiger partial charge on any atom is -0.391 e. The van der Waals surface area contributed by atoms with Gasteiger partial charge < -0.3 is 5.11 Å². The van der Waals surface area contributed by atoms with E-state index in [9.17, 15) is 13.5 Å². The number of rotatable bonds is 2. The molecule has 2 rings (SSSR count). The van der Waals surface area contributed by atoms with E-state index in [1.807, 2.05) is 26.8 Å². The summed E-state index contributed by atoms with van der Waals surface area (Å²) in [4.78, 5) is 0.326. The third kappa shape index (κ3) is 2.99. The van der Waals surface area contributed by atoms with Crippen molar-refractivity contribution in [2.75, 3.05) is 13.1 Å². The Morgan fingerprint density at radius 3 is 2.32 bits per heavy atom. The predicted octanol–water partition coefficient (Wildman–Crippen LogP) is 1.69. The number of piperidine rings is 1. The molecule has 106 valence electrons. The quantitative estimate of drug-likeness (QED) is 0.898. The molecule has 1 heterocycles. The monoisotopic (exact) mass is 283 g/mol. The van der Waals surface area contributed by atoms with E-state index in [-0.39, 0.29) is 12.5 Å². The van der Waals surface area contributed by atoms with Gasteiger partial charge in [-0.25, -0.2) is 8.42 Å². The second kappa shape index (κ2) is 5.23. The molecule has 0 bridgehead atoms. The molecule has 0 spiro atoms. The molecule has 2 unspecified atom stereocenters. The number of aliphatic hydroxyl groups excluding tert-OH is 1. The van der Waals surface area contributed by atoms with E-state index in [0.29, 0.717) is 17.9 Å². The molecule has 19 heavy (non-hydrogen) atoms. The number of sulfonamides is 1. The minimum atomic E-state index is -3.49. The van der Waals surface area contributed by atoms with Crippen molar-refractivity contribution in [1.29, 1.82) is 0 Å². The lowest BCUT2D eigenvalue weighted by Crippen LogP contribution is -2.45. The highest BCUT2D eigenvalue weighted by atomic mass is 32.2. The molecule has 2 atom stereocenters. The number of β-amino-alcohol motifs (C(OH)–C–C–N with tert-alkyl or cyclic N) is 1. The van der Waals surface area contributed by atoms with E-state index >= 15 is 0 Å². The second-order valence-electron chi connectivity index (χ2n) is 5.52. The van der Waals surface area contributed by atoms with Crippen molar-refractivity contribution in [3.63, 3.8) is 0 Å². The van der Waals surface area contributed by atoms with E-state index in [1.54, 1.807) is 12.1 Å². The fourth-order valence-corrected chi connectivity index (χ4v) is 4.13. The molecule has 1 saturated heterocycles. The average molecular weight is 283 g/mol. The highest BCUT2D eigenvalue weighted by Gasteiger charge is 2.32. The molecule has 1 aromatic carbocycles. The topological polar surface area (TPSA) is 57.6 Å². The second-order valence-corrected chi connectivity index (χ2v) is 7.46. The molecule has 1 aromatic rings. The van der Waals surface area contributed by atoms with E-state index < -0.39 is 16.1 Å². The first-order valence-corrected chi connectivity index (χ1v) is 8.01. The van der Waals surface area contributed by atoms with Crippen LogP contribution >= 0.6 is 0 Å². The van der Waals surface area contributed by atoms with Gasteiger partial charge in [-0.1, -0.05) is 13.0 Å². The van der Waals surface area contributed by atoms with Crippen LogP contribution in [0.2, 0.25) is 0 Å². The maximum Gasteiger partial charge on any atom is 0.243 e. The number of aryl methyl sites for hydroxylation is 2. The van der Waals surface area contributed by atoms with Gasteiger partial charge in [0.15, 0.2) is 0 Å². The van der Waals surface area contributed by atoms with Crippen LogP contribution in [0.3, 0.4) is 0 Å². The van der Waals surface area contributed by atoms with E-state index in [2.05, 4.69) is 0 Å². The van der Waals surface area contributed by atoms with Crippen molar-refractivity contribution < 1.29 is 13.5 Å². The zero-order valence-electron chi connectivity index (χ0n) is 11.6. The number of aliphatic hydroxyl groups is 1. The van der Waals surface area contributed by atoms with Crippen LogP contribution in [0.15, 0.2) is 23.1 Å². The van der Waals surface area contributed by atoms with E-state index in [1.165, 1.54) is 4.31 Å². The molecule has 0 radical (unpaired) electrons. The molecule has 5 heteroatoms. The van der Waals surface area contributed by atoms with Crippen LogP contribution in [0.1, 0.15) is 24.5 Å². The molecule has 1 fully saturated rings. The fraction of sp³-hybridized carbons (Fsp3) is 0.571. The summed E-state index contributed by atoms with van der Waals surface area (Å²) in [5.74, 6) is 0.158. The van der Waals surface area contributed by atoms with Gasteiger partial charge in [0.05, 0.1) is 11.0 Å². The van der Waals surface area contributed by atoms with Gasteiger partial charge in [-0.05, 0) is 49.4 Å². The maximum atomic E-state index is 12.6. The summed E-state index contributed by atoms with van der Waals surface area (Å²) < 4.78 is 26.5. The smallest absolute Gasteiger partial charge is 0.243 e. The molecular formula is C14H21NO3S. The lowest BCUT2D eigenvalue weighted by molar-refractivity contribution is 0.0605. The summed E-state index contributed by atoms with van der Waals surface area (Å²) in [7, 11) is -3.49. The highest BCUT2D eigenvalue weighted by Crippen LogP contribution is 2.25. The van der Waals surface area contributed by atoms with Gasteiger partial charge in [0, 0.05) is 13.1 Å². The SMILES string of the molecule is Cc1cc(C)cc(S(=O)(=O)N2CCC(C)C(O)C2)c1. The molecule has 0 amide bonds. The van der Waals surface area contributed by atoms with Crippen LogP contribution in [-0.4, -0.2) is 37.0 Å². The third-order valence-electron chi connectivity index (χ3n) is 3.71. The van der Waals surface area contributed by atoms with Gasteiger partial charge >= 0.3 is 0 Å². The minimum absolute atomic E-state index is 0.158. The van der Waals surface area contributed by atoms with Gasteiger partial charge in [-0.15, -0.1) is 0 Å². The van der Waals surface area contributed by atoms with Gasteiger partial charge in [0.2, 0.25) is 10.0 Å². The van der Waals surface area contributed by atoms with Crippen LogP contribution < -0.4 is 0 Å². The van der Waals surface area contributed by atoms with Crippen LogP contribution in [0.4, 0.5) is 0 Å². The van der Waals surface area contributed by atoms with Crippen molar-refractivity contribution in [2.45, 2.75) is 38.2 Å². The van der Waals surface area contributed by atoms with Crippen molar-refractivity contribution in [3.05, 3.63) is 29.3 Å². The summed E-state index contributed by atoms with van der Waals surface area (Å²) in [5.41, 5.74) is 1.87. The number of hydrogen-bond donors (Lipinski definition) is 1. The molecule has 0 aromatic heterocycles. The Morgan fingerprint density at radius 1 is 1.21 bits per heavy atom. The van der Waals surface area contributed by atoms with E-state index in [4.69, 9.17) is 0 Å². The Hall–Kier alpha value is -0.910. The summed E-state index contributed by atoms with van der Waals surface area (Å²) >= 11 is 0. The number of nitrogens with zero attached hydrogens (tertiary/aromatic N) is 1. The van der Waals surface area contributed by atoms with Gasteiger partial charge in [-0.3, -0.25) is 0 Å². The molecule has 0 saturated carbocycles. The summed E-state index contributed by atoms with van der Waals surface area (Å²) in [6.45, 7) is 6.40. The lowest BCUT2D eigenvalue weighted by Gasteiger charge is -2.33. The van der Waals surface area contributed by atoms with Gasteiger partial charge in [-0.2, -0.15) is 4.31 Å². The zero-order valence-corrected chi connectivity index (χ0v) is 12.4. The Labute approximate surface area is 115 Å². The third-order valence-corrected chi connectivity index (χ3v) is 5.56. The Morgan fingerprint density at radius 2 is 1.79 bits per heavy atom. The predicted molar refractivity (Wildman–Crippen MR) is 74.5 cm³/mol. The Balaban J connectivity index is 2.32. The number of benzene rings is 1. The molecule has 1 aliphatic rings. The van der Waals surface area contributed by atoms with Crippen LogP contribution in [0.5, 0.6) is 0 Å². The van der Waals surface area contributed by atoms with Crippen LogP contribution in [0, 0.1) is 19.8 Å². The molecule has 1 aliphatic heterocycles. The Kier molecular flexibility index (Phi) is 3.99. The first-order chi connectivity index (χ1) is 8.80. The molecule has 1 N–H and O–H groups in total. The largest absolute Gasteiger partial charge is 0.391 e. The van der Waals surface area contributed by atoms with Crippen LogP contribution in [0.25, 0.3) is 0 Å². The standard InChI is InChI=1S/C14H21NO3S/c1-10-6-11(2)8-13(7-10)19(17,18)15-5-4-12(3)14(16)9-15/h6-8,12,14,16H,4-5,9H2,1-3H3. The van der Waals surface area contributed by atoms with Crippen molar-refractivity contribution in [2.24, 2.45) is 5.92 Å². The summed E-state index contributed by atoms with van der Waals surface area (Å²) in [5, 5.41) is 9.86. The highest BCUT2D eigenvalue weighted by molar-refractivity contribution is 7.89. The normalized spacial score (nSPS) is 25.5. The molecule has 0 aliphatic carbocycles. The van der Waals surface area contributed by atoms with Crippen molar-refractivity contribution in [3.8, 4) is 0 Å². The van der Waals surface area contributed by atoms with E-state index in [0.717, 1.165) is 11.1 Å². The fourth-order valence-electron chi connectivity index (χ4n) is 2.47. The lowest BCUT2D eigenvalue weighted by atomic mass is 9.98. The molecule has 4 nitrogen and oxygen atoms in total. The number of hydrogen-bond acceptors (Lipinski definition) is 3. The first-order valence-electron chi connectivity index (χ1n) is 6.57. The van der Waals surface area contributed by atoms with Gasteiger partial charge in [0.25, 0.3) is 0 Å². The Bertz CT molecular complexity index is 548. The summed E-state index contributed by atoms with van der Waals surface area (Å²) in [6.07, 6.45) is 0.125. The maximum absolute atomic E-state index is 12.6. The average Bonchev–Trinajstić information content (AvgIpc) is 2.31. The summed E-state index contributed by atoms with van der Waals surface area (Å²) in [6, 6.07) is 5.33. The first kappa shape index (κ1) is 14.5. The molecular weight excluding hydrogens is 262 g/mol. The van der Waals surface area contributed by atoms with Crippen LogP contribution in [-0.2, 0) is 10.0 Å². The van der Waals surface area contributed by atoms with Crippen molar-refractivity contribution >= 4 is 10.0 Å².